The molecule has 1 fully saturated rings. The summed E-state index contributed by atoms with van der Waals surface area (Å²) >= 11 is 7.20. The SMILES string of the molecule is COCC(C)NC(=S)NCC1(SC)CCC1. The standard InChI is InChI=1S/C11H22N2OS2/c1-9(7-14-2)13-10(15)12-8-11(16-3)5-4-6-11/h9H,4-8H2,1-3H3,(H2,12,13,15). The molecule has 1 aliphatic carbocycles. The van der Waals surface area contributed by atoms with Crippen LogP contribution in [0.1, 0.15) is 26.2 Å². The van der Waals surface area contributed by atoms with Gasteiger partial charge in [-0.25, -0.2) is 0 Å². The van der Waals surface area contributed by atoms with Gasteiger partial charge >= 0.3 is 0 Å². The van der Waals surface area contributed by atoms with Gasteiger partial charge < -0.3 is 15.4 Å². The van der Waals surface area contributed by atoms with Crippen LogP contribution in [0.2, 0.25) is 0 Å². The fraction of sp³-hybridized carbons (Fsp3) is 0.909. The lowest BCUT2D eigenvalue weighted by Gasteiger charge is -2.40. The molecule has 1 rings (SSSR count). The van der Waals surface area contributed by atoms with Gasteiger partial charge in [-0.15, -0.1) is 0 Å². The largest absolute Gasteiger partial charge is 0.383 e. The third kappa shape index (κ3) is 4.11. The molecule has 5 heteroatoms. The van der Waals surface area contributed by atoms with E-state index in [1.165, 1.54) is 19.3 Å². The Morgan fingerprint density at radius 1 is 1.56 bits per heavy atom. The van der Waals surface area contributed by atoms with Crippen LogP contribution in [-0.4, -0.2) is 42.4 Å². The van der Waals surface area contributed by atoms with E-state index >= 15 is 0 Å². The predicted molar refractivity (Wildman–Crippen MR) is 75.2 cm³/mol. The highest BCUT2D eigenvalue weighted by Gasteiger charge is 2.35. The van der Waals surface area contributed by atoms with E-state index in [1.54, 1.807) is 7.11 Å². The predicted octanol–water partition coefficient (Wildman–Crippen LogP) is 1.77. The van der Waals surface area contributed by atoms with Gasteiger partial charge in [0.2, 0.25) is 0 Å². The van der Waals surface area contributed by atoms with Crippen LogP contribution in [0, 0.1) is 0 Å². The molecule has 0 aliphatic heterocycles. The van der Waals surface area contributed by atoms with Crippen molar-refractivity contribution in [2.45, 2.75) is 37.0 Å². The number of thiocarbonyl (C=S) groups is 1. The molecule has 1 unspecified atom stereocenters. The zero-order chi connectivity index (χ0) is 12.0. The lowest BCUT2D eigenvalue weighted by Crippen LogP contribution is -2.50. The summed E-state index contributed by atoms with van der Waals surface area (Å²) in [6, 6.07) is 0.261. The fourth-order valence-corrected chi connectivity index (χ4v) is 3.02. The van der Waals surface area contributed by atoms with Crippen molar-refractivity contribution in [2.24, 2.45) is 0 Å². The van der Waals surface area contributed by atoms with E-state index in [1.807, 2.05) is 11.8 Å². The Kier molecular flexibility index (Phi) is 5.86. The molecule has 94 valence electrons. The van der Waals surface area contributed by atoms with Gasteiger partial charge in [-0.3, -0.25) is 0 Å². The van der Waals surface area contributed by atoms with Crippen LogP contribution in [0.25, 0.3) is 0 Å². The van der Waals surface area contributed by atoms with Crippen LogP contribution in [0.4, 0.5) is 0 Å². The van der Waals surface area contributed by atoms with Gasteiger partial charge in [0.05, 0.1) is 6.61 Å². The van der Waals surface area contributed by atoms with Crippen LogP contribution < -0.4 is 10.6 Å². The summed E-state index contributed by atoms with van der Waals surface area (Å²) in [7, 11) is 1.70. The van der Waals surface area contributed by atoms with Gasteiger partial charge in [-0.2, -0.15) is 11.8 Å². The first-order chi connectivity index (χ1) is 7.62. The van der Waals surface area contributed by atoms with Crippen LogP contribution in [0.15, 0.2) is 0 Å². The quantitative estimate of drug-likeness (QED) is 0.713. The molecule has 0 heterocycles. The summed E-state index contributed by atoms with van der Waals surface area (Å²) < 4.78 is 5.48. The molecule has 1 aliphatic rings. The zero-order valence-corrected chi connectivity index (χ0v) is 12.0. The van der Waals surface area contributed by atoms with Crippen molar-refractivity contribution in [3.05, 3.63) is 0 Å². The number of rotatable bonds is 6. The van der Waals surface area contributed by atoms with E-state index in [2.05, 4.69) is 23.8 Å². The Balaban J connectivity index is 2.19. The Morgan fingerprint density at radius 3 is 2.69 bits per heavy atom. The number of hydrogen-bond acceptors (Lipinski definition) is 3. The first-order valence-electron chi connectivity index (χ1n) is 5.70. The van der Waals surface area contributed by atoms with Gasteiger partial charge in [-0.1, -0.05) is 6.42 Å². The molecule has 0 aromatic heterocycles. The Bertz CT molecular complexity index is 227. The average molecular weight is 262 g/mol. The van der Waals surface area contributed by atoms with Crippen LogP contribution in [0.3, 0.4) is 0 Å². The molecule has 0 saturated heterocycles. The number of ether oxygens (including phenoxy) is 1. The molecule has 0 spiro atoms. The van der Waals surface area contributed by atoms with Crippen molar-refractivity contribution in [2.75, 3.05) is 26.5 Å². The summed E-state index contributed by atoms with van der Waals surface area (Å²) in [5.41, 5.74) is 0. The molecule has 3 nitrogen and oxygen atoms in total. The number of methoxy groups -OCH3 is 1. The second-order valence-corrected chi connectivity index (χ2v) is 6.11. The van der Waals surface area contributed by atoms with Crippen molar-refractivity contribution in [3.8, 4) is 0 Å². The van der Waals surface area contributed by atoms with Gasteiger partial charge in [0.1, 0.15) is 0 Å². The monoisotopic (exact) mass is 262 g/mol. The Hall–Kier alpha value is 0. The molecule has 0 amide bonds. The molecule has 0 aromatic rings. The molecular formula is C11H22N2OS2. The molecule has 16 heavy (non-hydrogen) atoms. The summed E-state index contributed by atoms with van der Waals surface area (Å²) in [5.74, 6) is 0. The fourth-order valence-electron chi connectivity index (χ4n) is 1.83. The minimum Gasteiger partial charge on any atom is -0.383 e. The van der Waals surface area contributed by atoms with Crippen molar-refractivity contribution in [3.63, 3.8) is 0 Å². The molecule has 0 radical (unpaired) electrons. The maximum Gasteiger partial charge on any atom is 0.166 e. The zero-order valence-electron chi connectivity index (χ0n) is 10.3. The summed E-state index contributed by atoms with van der Waals surface area (Å²) in [5, 5.41) is 7.26. The number of thioether (sulfide) groups is 1. The second-order valence-electron chi connectivity index (χ2n) is 4.42. The van der Waals surface area contributed by atoms with E-state index in [-0.39, 0.29) is 6.04 Å². The Morgan fingerprint density at radius 2 is 2.25 bits per heavy atom. The highest BCUT2D eigenvalue weighted by Crippen LogP contribution is 2.42. The lowest BCUT2D eigenvalue weighted by atomic mass is 9.84. The van der Waals surface area contributed by atoms with E-state index in [9.17, 15) is 0 Å². The highest BCUT2D eigenvalue weighted by molar-refractivity contribution is 8.00. The van der Waals surface area contributed by atoms with Crippen molar-refractivity contribution >= 4 is 29.1 Å². The van der Waals surface area contributed by atoms with E-state index in [4.69, 9.17) is 17.0 Å². The molecule has 0 bridgehead atoms. The summed E-state index contributed by atoms with van der Waals surface area (Å²) in [6.45, 7) is 3.71. The van der Waals surface area contributed by atoms with E-state index in [0.717, 1.165) is 11.7 Å². The minimum atomic E-state index is 0.261. The molecular weight excluding hydrogens is 240 g/mol. The summed E-state index contributed by atoms with van der Waals surface area (Å²) in [6.07, 6.45) is 6.14. The minimum absolute atomic E-state index is 0.261. The maximum absolute atomic E-state index is 5.25. The average Bonchev–Trinajstić information content (AvgIpc) is 2.17. The third-order valence-electron chi connectivity index (χ3n) is 3.06. The van der Waals surface area contributed by atoms with Crippen LogP contribution >= 0.6 is 24.0 Å². The molecule has 0 aromatic carbocycles. The van der Waals surface area contributed by atoms with E-state index < -0.39 is 0 Å². The number of hydrogen-bond donors (Lipinski definition) is 2. The van der Waals surface area contributed by atoms with Gasteiger partial charge in [0, 0.05) is 24.4 Å². The van der Waals surface area contributed by atoms with Crippen molar-refractivity contribution in [1.29, 1.82) is 0 Å². The number of nitrogens with one attached hydrogen (secondary N) is 2. The first kappa shape index (κ1) is 14.1. The lowest BCUT2D eigenvalue weighted by molar-refractivity contribution is 0.179. The topological polar surface area (TPSA) is 33.3 Å². The van der Waals surface area contributed by atoms with Crippen molar-refractivity contribution in [1.82, 2.24) is 10.6 Å². The summed E-state index contributed by atoms with van der Waals surface area (Å²) in [4.78, 5) is 0. The highest BCUT2D eigenvalue weighted by atomic mass is 32.2. The molecule has 2 N–H and O–H groups in total. The molecule has 1 atom stereocenters. The third-order valence-corrected chi connectivity index (χ3v) is 4.74. The normalized spacial score (nSPS) is 19.7. The van der Waals surface area contributed by atoms with Crippen LogP contribution in [0.5, 0.6) is 0 Å². The maximum atomic E-state index is 5.25. The van der Waals surface area contributed by atoms with Gasteiger partial charge in [-0.05, 0) is 38.2 Å². The first-order valence-corrected chi connectivity index (χ1v) is 7.33. The van der Waals surface area contributed by atoms with Crippen LogP contribution in [-0.2, 0) is 4.74 Å². The van der Waals surface area contributed by atoms with Gasteiger partial charge in [0.15, 0.2) is 5.11 Å². The molecule has 1 saturated carbocycles. The van der Waals surface area contributed by atoms with Crippen molar-refractivity contribution < 1.29 is 4.74 Å². The Labute approximate surface area is 108 Å². The van der Waals surface area contributed by atoms with Gasteiger partial charge in [0.25, 0.3) is 0 Å². The van der Waals surface area contributed by atoms with E-state index in [0.29, 0.717) is 11.4 Å². The second kappa shape index (κ2) is 6.67. The smallest absolute Gasteiger partial charge is 0.166 e.